The van der Waals surface area contributed by atoms with Crippen LogP contribution in [0.3, 0.4) is 0 Å². The Morgan fingerprint density at radius 3 is 2.23 bits per heavy atom. The van der Waals surface area contributed by atoms with Crippen molar-refractivity contribution in [2.45, 2.75) is 25.8 Å². The van der Waals surface area contributed by atoms with E-state index in [2.05, 4.69) is 21.3 Å². The monoisotopic (exact) mass is 304 g/mol. The predicted molar refractivity (Wildman–Crippen MR) is 83.4 cm³/mol. The molecular formula is C15H20N4O3. The van der Waals surface area contributed by atoms with Crippen LogP contribution in [0.2, 0.25) is 0 Å². The minimum atomic E-state index is -0.489. The zero-order valence-corrected chi connectivity index (χ0v) is 12.4. The average molecular weight is 304 g/mol. The highest BCUT2D eigenvalue weighted by Crippen LogP contribution is 2.14. The van der Waals surface area contributed by atoms with Crippen LogP contribution in [0.15, 0.2) is 24.3 Å². The van der Waals surface area contributed by atoms with Gasteiger partial charge in [0.25, 0.3) is 0 Å². The number of hydrogen-bond acceptors (Lipinski definition) is 4. The van der Waals surface area contributed by atoms with E-state index >= 15 is 0 Å². The van der Waals surface area contributed by atoms with Crippen LogP contribution in [-0.4, -0.2) is 36.9 Å². The number of benzene rings is 1. The molecule has 0 saturated carbocycles. The summed E-state index contributed by atoms with van der Waals surface area (Å²) >= 11 is 0. The van der Waals surface area contributed by atoms with Gasteiger partial charge in [0.2, 0.25) is 17.7 Å². The van der Waals surface area contributed by atoms with Crippen molar-refractivity contribution in [3.63, 3.8) is 0 Å². The third-order valence-electron chi connectivity index (χ3n) is 3.29. The number of carbonyl (C=O) groups excluding carboxylic acids is 3. The molecule has 1 unspecified atom stereocenters. The highest BCUT2D eigenvalue weighted by atomic mass is 16.2. The first-order valence-corrected chi connectivity index (χ1v) is 7.29. The molecule has 0 aromatic heterocycles. The molecular weight excluding hydrogens is 284 g/mol. The van der Waals surface area contributed by atoms with E-state index < -0.39 is 6.04 Å². The largest absolute Gasteiger partial charge is 0.353 e. The summed E-state index contributed by atoms with van der Waals surface area (Å²) in [5.74, 6) is -0.454. The normalized spacial score (nSPS) is 17.5. The lowest BCUT2D eigenvalue weighted by Gasteiger charge is -2.22. The molecule has 4 N–H and O–H groups in total. The number of anilines is 2. The number of carbonyl (C=O) groups is 3. The van der Waals surface area contributed by atoms with Crippen LogP contribution in [0, 0.1) is 0 Å². The molecule has 1 aliphatic heterocycles. The Balaban J connectivity index is 1.86. The van der Waals surface area contributed by atoms with Crippen LogP contribution >= 0.6 is 0 Å². The van der Waals surface area contributed by atoms with E-state index in [9.17, 15) is 14.4 Å². The second kappa shape index (κ2) is 7.56. The third kappa shape index (κ3) is 4.56. The summed E-state index contributed by atoms with van der Waals surface area (Å²) in [6.07, 6.45) is 0.495. The molecule has 7 nitrogen and oxygen atoms in total. The van der Waals surface area contributed by atoms with Gasteiger partial charge in [-0.3, -0.25) is 14.4 Å². The van der Waals surface area contributed by atoms with Crippen LogP contribution in [0.5, 0.6) is 0 Å². The topological polar surface area (TPSA) is 99.3 Å². The summed E-state index contributed by atoms with van der Waals surface area (Å²) < 4.78 is 0. The molecule has 1 aromatic carbocycles. The van der Waals surface area contributed by atoms with Crippen molar-refractivity contribution in [2.24, 2.45) is 0 Å². The van der Waals surface area contributed by atoms with E-state index in [1.165, 1.54) is 0 Å². The maximum absolute atomic E-state index is 11.9. The molecule has 0 bridgehead atoms. The lowest BCUT2D eigenvalue weighted by Crippen LogP contribution is -2.53. The highest BCUT2D eigenvalue weighted by Gasteiger charge is 2.23. The lowest BCUT2D eigenvalue weighted by molar-refractivity contribution is -0.127. The minimum absolute atomic E-state index is 0.0637. The van der Waals surface area contributed by atoms with Gasteiger partial charge in [-0.1, -0.05) is 6.92 Å². The van der Waals surface area contributed by atoms with Gasteiger partial charge in [-0.05, 0) is 24.3 Å². The zero-order chi connectivity index (χ0) is 15.9. The lowest BCUT2D eigenvalue weighted by atomic mass is 10.1. The van der Waals surface area contributed by atoms with Crippen LogP contribution in [0.25, 0.3) is 0 Å². The van der Waals surface area contributed by atoms with Crippen molar-refractivity contribution >= 4 is 29.1 Å². The summed E-state index contributed by atoms with van der Waals surface area (Å²) in [7, 11) is 0. The molecule has 1 heterocycles. The third-order valence-corrected chi connectivity index (χ3v) is 3.29. The van der Waals surface area contributed by atoms with E-state index in [1.807, 2.05) is 0 Å². The van der Waals surface area contributed by atoms with E-state index in [-0.39, 0.29) is 24.1 Å². The first-order valence-electron chi connectivity index (χ1n) is 7.29. The standard InChI is InChI=1S/C15H20N4O3/c1-2-13(20)18-10-3-5-11(6-4-10)19-14(21)9-12-15(22)17-8-7-16-12/h3-6,12,16H,2,7-9H2,1H3,(H,17,22)(H,18,20)(H,19,21). The fourth-order valence-electron chi connectivity index (χ4n) is 2.10. The molecule has 0 aliphatic carbocycles. The molecule has 3 amide bonds. The van der Waals surface area contributed by atoms with Crippen molar-refractivity contribution < 1.29 is 14.4 Å². The Kier molecular flexibility index (Phi) is 5.48. The number of piperazine rings is 1. The Morgan fingerprint density at radius 2 is 1.68 bits per heavy atom. The Hall–Kier alpha value is -2.41. The van der Waals surface area contributed by atoms with Gasteiger partial charge in [0.15, 0.2) is 0 Å². The van der Waals surface area contributed by atoms with Gasteiger partial charge in [-0.2, -0.15) is 0 Å². The van der Waals surface area contributed by atoms with Crippen LogP contribution in [0.4, 0.5) is 11.4 Å². The molecule has 7 heteroatoms. The number of hydrogen-bond donors (Lipinski definition) is 4. The van der Waals surface area contributed by atoms with E-state index in [1.54, 1.807) is 31.2 Å². The Bertz CT molecular complexity index is 556. The van der Waals surface area contributed by atoms with Crippen molar-refractivity contribution in [1.82, 2.24) is 10.6 Å². The van der Waals surface area contributed by atoms with Gasteiger partial charge >= 0.3 is 0 Å². The second-order valence-corrected chi connectivity index (χ2v) is 5.03. The highest BCUT2D eigenvalue weighted by molar-refractivity contribution is 5.96. The molecule has 118 valence electrons. The van der Waals surface area contributed by atoms with Crippen LogP contribution in [0.1, 0.15) is 19.8 Å². The summed E-state index contributed by atoms with van der Waals surface area (Å²) in [4.78, 5) is 34.8. The number of nitrogens with one attached hydrogen (secondary N) is 4. The summed E-state index contributed by atoms with van der Waals surface area (Å²) in [5.41, 5.74) is 1.30. The van der Waals surface area contributed by atoms with Gasteiger partial charge < -0.3 is 21.3 Å². The maximum Gasteiger partial charge on any atom is 0.237 e. The quantitative estimate of drug-likeness (QED) is 0.635. The Morgan fingerprint density at radius 1 is 1.09 bits per heavy atom. The van der Waals surface area contributed by atoms with Crippen molar-refractivity contribution in [2.75, 3.05) is 23.7 Å². The van der Waals surface area contributed by atoms with Gasteiger partial charge in [-0.15, -0.1) is 0 Å². The van der Waals surface area contributed by atoms with Crippen molar-refractivity contribution in [1.29, 1.82) is 0 Å². The molecule has 0 spiro atoms. The van der Waals surface area contributed by atoms with E-state index in [0.29, 0.717) is 30.9 Å². The van der Waals surface area contributed by atoms with Gasteiger partial charge in [-0.25, -0.2) is 0 Å². The molecule has 2 rings (SSSR count). The molecule has 1 fully saturated rings. The molecule has 0 radical (unpaired) electrons. The van der Waals surface area contributed by atoms with Gasteiger partial charge in [0.05, 0.1) is 12.5 Å². The zero-order valence-electron chi connectivity index (χ0n) is 12.4. The van der Waals surface area contributed by atoms with Crippen LogP contribution in [-0.2, 0) is 14.4 Å². The minimum Gasteiger partial charge on any atom is -0.353 e. The van der Waals surface area contributed by atoms with E-state index in [0.717, 1.165) is 0 Å². The smallest absolute Gasteiger partial charge is 0.237 e. The van der Waals surface area contributed by atoms with Crippen molar-refractivity contribution in [3.05, 3.63) is 24.3 Å². The number of amides is 3. The molecule has 1 atom stereocenters. The predicted octanol–water partition coefficient (Wildman–Crippen LogP) is 0.452. The fourth-order valence-corrected chi connectivity index (χ4v) is 2.10. The second-order valence-electron chi connectivity index (χ2n) is 5.03. The first kappa shape index (κ1) is 16.0. The summed E-state index contributed by atoms with van der Waals surface area (Å²) in [6, 6.07) is 6.36. The Labute approximate surface area is 128 Å². The van der Waals surface area contributed by atoms with Gasteiger partial charge in [0, 0.05) is 30.9 Å². The molecule has 1 aromatic rings. The van der Waals surface area contributed by atoms with Gasteiger partial charge in [0.1, 0.15) is 0 Å². The van der Waals surface area contributed by atoms with Crippen molar-refractivity contribution in [3.8, 4) is 0 Å². The first-order chi connectivity index (χ1) is 10.6. The maximum atomic E-state index is 11.9. The van der Waals surface area contributed by atoms with E-state index in [4.69, 9.17) is 0 Å². The summed E-state index contributed by atoms with van der Waals surface area (Å²) in [6.45, 7) is 3.02. The molecule has 1 aliphatic rings. The fraction of sp³-hybridized carbons (Fsp3) is 0.400. The molecule has 1 saturated heterocycles. The summed E-state index contributed by atoms with van der Waals surface area (Å²) in [5, 5.41) is 11.2. The average Bonchev–Trinajstić information content (AvgIpc) is 2.51. The van der Waals surface area contributed by atoms with Crippen LogP contribution < -0.4 is 21.3 Å². The molecule has 22 heavy (non-hydrogen) atoms. The SMILES string of the molecule is CCC(=O)Nc1ccc(NC(=O)CC2NCCNC2=O)cc1. The number of rotatable bonds is 5.